The second kappa shape index (κ2) is 6.61. The van der Waals surface area contributed by atoms with Crippen molar-refractivity contribution in [1.82, 2.24) is 10.5 Å². The molecule has 1 saturated heterocycles. The Balaban J connectivity index is 1.51. The number of aryl methyl sites for hydroxylation is 3. The van der Waals surface area contributed by atoms with Crippen molar-refractivity contribution >= 4 is 16.9 Å². The lowest BCUT2D eigenvalue weighted by atomic mass is 9.98. The summed E-state index contributed by atoms with van der Waals surface area (Å²) in [5, 5.41) is 7.96. The summed E-state index contributed by atoms with van der Waals surface area (Å²) in [7, 11) is 0. The highest BCUT2D eigenvalue weighted by molar-refractivity contribution is 5.99. The van der Waals surface area contributed by atoms with Gasteiger partial charge in [-0.3, -0.25) is 4.79 Å². The molecule has 0 radical (unpaired) electrons. The first-order valence-electron chi connectivity index (χ1n) is 8.82. The molecule has 2 atom stereocenters. The van der Waals surface area contributed by atoms with E-state index in [1.807, 2.05) is 45.0 Å². The maximum Gasteiger partial charge on any atom is 0.287 e. The monoisotopic (exact) mass is 354 g/mol. The van der Waals surface area contributed by atoms with Gasteiger partial charge in [-0.1, -0.05) is 17.3 Å². The van der Waals surface area contributed by atoms with E-state index < -0.39 is 0 Å². The number of nitrogens with zero attached hydrogens (tertiary/aromatic N) is 1. The number of hydrogen-bond acceptors (Lipinski definition) is 5. The number of hydrogen-bond donors (Lipinski definition) is 1. The van der Waals surface area contributed by atoms with Crippen LogP contribution in [0.1, 0.15) is 33.1 Å². The molecule has 1 fully saturated rings. The Bertz CT molecular complexity index is 956. The standard InChI is InChI=1S/C20H22N2O4/c1-11-4-5-16-13(3)19(25-18(16)6-11)20(23)21-17-10-24-9-14(17)8-15-7-12(2)22-26-15/h4-7,14,17H,8-10H2,1-3H3,(H,21,23)/t14-,17+/m1/s1. The Labute approximate surface area is 151 Å². The number of aromatic nitrogens is 1. The lowest BCUT2D eigenvalue weighted by molar-refractivity contribution is 0.0897. The van der Waals surface area contributed by atoms with Crippen LogP contribution in [0.4, 0.5) is 0 Å². The molecule has 26 heavy (non-hydrogen) atoms. The van der Waals surface area contributed by atoms with Gasteiger partial charge >= 0.3 is 0 Å². The molecule has 0 bridgehead atoms. The average Bonchev–Trinajstić information content (AvgIpc) is 3.29. The Morgan fingerprint density at radius 1 is 1.23 bits per heavy atom. The van der Waals surface area contributed by atoms with Crippen LogP contribution < -0.4 is 5.32 Å². The zero-order valence-corrected chi connectivity index (χ0v) is 15.2. The molecular weight excluding hydrogens is 332 g/mol. The van der Waals surface area contributed by atoms with Crippen LogP contribution in [-0.4, -0.2) is 30.3 Å². The average molecular weight is 354 g/mol. The van der Waals surface area contributed by atoms with E-state index in [9.17, 15) is 4.79 Å². The van der Waals surface area contributed by atoms with Crippen molar-refractivity contribution < 1.29 is 18.5 Å². The maximum absolute atomic E-state index is 12.8. The highest BCUT2D eigenvalue weighted by atomic mass is 16.5. The van der Waals surface area contributed by atoms with Gasteiger partial charge in [0.25, 0.3) is 5.91 Å². The highest BCUT2D eigenvalue weighted by Gasteiger charge is 2.32. The number of fused-ring (bicyclic) bond motifs is 1. The topological polar surface area (TPSA) is 77.5 Å². The molecule has 0 spiro atoms. The quantitative estimate of drug-likeness (QED) is 0.777. The van der Waals surface area contributed by atoms with Crippen molar-refractivity contribution in [2.45, 2.75) is 33.2 Å². The van der Waals surface area contributed by atoms with Gasteiger partial charge in [0.1, 0.15) is 11.3 Å². The summed E-state index contributed by atoms with van der Waals surface area (Å²) in [6.07, 6.45) is 0.685. The van der Waals surface area contributed by atoms with Crippen LogP contribution in [0.25, 0.3) is 11.0 Å². The van der Waals surface area contributed by atoms with Gasteiger partial charge in [-0.15, -0.1) is 0 Å². The number of furan rings is 1. The van der Waals surface area contributed by atoms with Crippen LogP contribution in [0, 0.1) is 26.7 Å². The number of carbonyl (C=O) groups excluding carboxylic acids is 1. The summed E-state index contributed by atoms with van der Waals surface area (Å²) in [5.41, 5.74) is 3.56. The van der Waals surface area contributed by atoms with E-state index in [0.29, 0.717) is 25.4 Å². The van der Waals surface area contributed by atoms with E-state index in [0.717, 1.165) is 33.6 Å². The predicted octanol–water partition coefficient (Wildman–Crippen LogP) is 3.33. The first-order valence-corrected chi connectivity index (χ1v) is 8.82. The van der Waals surface area contributed by atoms with E-state index in [4.69, 9.17) is 13.7 Å². The van der Waals surface area contributed by atoms with Gasteiger partial charge in [-0.2, -0.15) is 0 Å². The summed E-state index contributed by atoms with van der Waals surface area (Å²) in [6.45, 7) is 6.88. The summed E-state index contributed by atoms with van der Waals surface area (Å²) in [4.78, 5) is 12.8. The fourth-order valence-corrected chi connectivity index (χ4v) is 3.51. The number of amides is 1. The lowest BCUT2D eigenvalue weighted by Gasteiger charge is -2.17. The largest absolute Gasteiger partial charge is 0.451 e. The van der Waals surface area contributed by atoms with Gasteiger partial charge in [-0.05, 0) is 32.4 Å². The molecule has 6 nitrogen and oxygen atoms in total. The zero-order valence-electron chi connectivity index (χ0n) is 15.2. The van der Waals surface area contributed by atoms with E-state index >= 15 is 0 Å². The summed E-state index contributed by atoms with van der Waals surface area (Å²) >= 11 is 0. The molecule has 6 heteroatoms. The molecule has 0 unspecified atom stereocenters. The molecular formula is C20H22N2O4. The third-order valence-electron chi connectivity index (χ3n) is 4.95. The second-order valence-electron chi connectivity index (χ2n) is 7.07. The van der Waals surface area contributed by atoms with Gasteiger partial charge in [0.05, 0.1) is 24.9 Å². The van der Waals surface area contributed by atoms with E-state index in [1.54, 1.807) is 0 Å². The third kappa shape index (κ3) is 3.12. The van der Waals surface area contributed by atoms with Crippen molar-refractivity contribution in [3.63, 3.8) is 0 Å². The molecule has 1 amide bonds. The van der Waals surface area contributed by atoms with Crippen LogP contribution in [0.2, 0.25) is 0 Å². The van der Waals surface area contributed by atoms with E-state index in [2.05, 4.69) is 10.5 Å². The normalized spacial score (nSPS) is 20.0. The van der Waals surface area contributed by atoms with Crippen molar-refractivity contribution in [2.75, 3.05) is 13.2 Å². The van der Waals surface area contributed by atoms with Gasteiger partial charge in [0.15, 0.2) is 5.76 Å². The second-order valence-corrected chi connectivity index (χ2v) is 7.07. The van der Waals surface area contributed by atoms with Gasteiger partial charge in [-0.25, -0.2) is 0 Å². The predicted molar refractivity (Wildman–Crippen MR) is 96.2 cm³/mol. The van der Waals surface area contributed by atoms with Gasteiger partial charge in [0.2, 0.25) is 0 Å². The number of ether oxygens (including phenoxy) is 1. The summed E-state index contributed by atoms with van der Waals surface area (Å²) in [5.74, 6) is 1.13. The Morgan fingerprint density at radius 3 is 2.85 bits per heavy atom. The van der Waals surface area contributed by atoms with Crippen LogP contribution in [-0.2, 0) is 11.2 Å². The van der Waals surface area contributed by atoms with Crippen LogP contribution in [0.15, 0.2) is 33.2 Å². The molecule has 1 aliphatic heterocycles. The molecule has 0 saturated carbocycles. The Morgan fingerprint density at radius 2 is 2.08 bits per heavy atom. The number of rotatable bonds is 4. The molecule has 1 N–H and O–H groups in total. The lowest BCUT2D eigenvalue weighted by Crippen LogP contribution is -2.40. The number of benzene rings is 1. The number of nitrogens with one attached hydrogen (secondary N) is 1. The van der Waals surface area contributed by atoms with E-state index in [-0.39, 0.29) is 17.9 Å². The smallest absolute Gasteiger partial charge is 0.287 e. The van der Waals surface area contributed by atoms with Crippen molar-refractivity contribution in [1.29, 1.82) is 0 Å². The van der Waals surface area contributed by atoms with Crippen molar-refractivity contribution in [3.8, 4) is 0 Å². The summed E-state index contributed by atoms with van der Waals surface area (Å²) < 4.78 is 16.7. The van der Waals surface area contributed by atoms with E-state index in [1.165, 1.54) is 0 Å². The minimum absolute atomic E-state index is 0.0812. The van der Waals surface area contributed by atoms with Crippen LogP contribution in [0.3, 0.4) is 0 Å². The van der Waals surface area contributed by atoms with Gasteiger partial charge < -0.3 is 19.0 Å². The van der Waals surface area contributed by atoms with Crippen molar-refractivity contribution in [2.24, 2.45) is 5.92 Å². The molecule has 1 aliphatic rings. The minimum Gasteiger partial charge on any atom is -0.451 e. The summed E-state index contributed by atoms with van der Waals surface area (Å²) in [6, 6.07) is 7.80. The Hall–Kier alpha value is -2.60. The fourth-order valence-electron chi connectivity index (χ4n) is 3.51. The molecule has 0 aliphatic carbocycles. The molecule has 2 aromatic heterocycles. The Kier molecular flexibility index (Phi) is 4.28. The zero-order chi connectivity index (χ0) is 18.3. The molecule has 3 heterocycles. The van der Waals surface area contributed by atoms with Gasteiger partial charge in [0, 0.05) is 29.4 Å². The molecule has 4 rings (SSSR count). The highest BCUT2D eigenvalue weighted by Crippen LogP contribution is 2.27. The fraction of sp³-hybridized carbons (Fsp3) is 0.400. The van der Waals surface area contributed by atoms with Crippen LogP contribution in [0.5, 0.6) is 0 Å². The first kappa shape index (κ1) is 16.8. The van der Waals surface area contributed by atoms with Crippen molar-refractivity contribution in [3.05, 3.63) is 52.6 Å². The maximum atomic E-state index is 12.8. The SMILES string of the molecule is Cc1ccc2c(C)c(C(=O)N[C@H]3COC[C@H]3Cc3cc(C)no3)oc2c1. The number of carbonyl (C=O) groups is 1. The third-order valence-corrected chi connectivity index (χ3v) is 4.95. The minimum atomic E-state index is -0.203. The molecule has 136 valence electrons. The molecule has 1 aromatic carbocycles. The molecule has 3 aromatic rings. The first-order chi connectivity index (χ1) is 12.5. The van der Waals surface area contributed by atoms with Crippen LogP contribution >= 0.6 is 0 Å².